The molecule has 0 unspecified atom stereocenters. The summed E-state index contributed by atoms with van der Waals surface area (Å²) in [6.45, 7) is 1.13. The van der Waals surface area contributed by atoms with Crippen molar-refractivity contribution in [2.75, 3.05) is 19.8 Å². The van der Waals surface area contributed by atoms with Crippen LogP contribution in [0.25, 0.3) is 10.4 Å². The first kappa shape index (κ1) is 31.5. The summed E-state index contributed by atoms with van der Waals surface area (Å²) in [5.41, 5.74) is 16.6. The summed E-state index contributed by atoms with van der Waals surface area (Å²) in [6.07, 6.45) is 5.83. The molecule has 3 aromatic rings. The molecule has 0 aromatic heterocycles. The summed E-state index contributed by atoms with van der Waals surface area (Å²) in [7, 11) is 0. The van der Waals surface area contributed by atoms with Gasteiger partial charge in [0.2, 0.25) is 5.90 Å². The number of halogens is 1. The minimum absolute atomic E-state index is 0.0550. The number of nitrogens with zero attached hydrogens (tertiary/aromatic N) is 4. The van der Waals surface area contributed by atoms with Gasteiger partial charge in [-0.25, -0.2) is 10.4 Å². The van der Waals surface area contributed by atoms with Gasteiger partial charge in [-0.3, -0.25) is 10.2 Å². The average molecular weight is 662 g/mol. The molecule has 5 rings (SSSR count). The van der Waals surface area contributed by atoms with Crippen molar-refractivity contribution in [1.82, 2.24) is 10.9 Å². The Morgan fingerprint density at radius 3 is 2.57 bits per heavy atom. The number of benzene rings is 3. The number of hydrogen-bond donors (Lipinski definition) is 3. The van der Waals surface area contributed by atoms with Gasteiger partial charge in [-0.05, 0) is 66.3 Å². The first-order chi connectivity index (χ1) is 21.5. The lowest BCUT2D eigenvalue weighted by Crippen LogP contribution is -2.54. The van der Waals surface area contributed by atoms with Crippen molar-refractivity contribution in [3.63, 3.8) is 0 Å². The van der Waals surface area contributed by atoms with Gasteiger partial charge in [-0.2, -0.15) is 0 Å². The van der Waals surface area contributed by atoms with E-state index in [1.807, 2.05) is 60.7 Å². The molecular weight excluding hydrogens is 624 g/mol. The highest BCUT2D eigenvalue weighted by atomic mass is 79.9. The minimum atomic E-state index is -1.43. The number of azide groups is 1. The van der Waals surface area contributed by atoms with Crippen LogP contribution in [0.15, 0.2) is 87.4 Å². The first-order valence-corrected chi connectivity index (χ1v) is 15.8. The number of amides is 1. The fourth-order valence-corrected chi connectivity index (χ4v) is 6.06. The molecule has 0 radical (unpaired) electrons. The van der Waals surface area contributed by atoms with Crippen molar-refractivity contribution in [1.29, 1.82) is 0 Å². The largest absolute Gasteiger partial charge is 0.494 e. The Labute approximate surface area is 265 Å². The van der Waals surface area contributed by atoms with Gasteiger partial charge in [-0.15, -0.1) is 0 Å². The normalized spacial score (nSPS) is 19.9. The summed E-state index contributed by atoms with van der Waals surface area (Å²) < 4.78 is 13.2. The van der Waals surface area contributed by atoms with Crippen molar-refractivity contribution in [3.05, 3.63) is 104 Å². The third-order valence-corrected chi connectivity index (χ3v) is 8.63. The van der Waals surface area contributed by atoms with Crippen LogP contribution in [0.4, 0.5) is 5.69 Å². The number of carbonyl (C=O) groups excluding carboxylic acids is 1. The lowest BCUT2D eigenvalue weighted by atomic mass is 9.81. The van der Waals surface area contributed by atoms with Gasteiger partial charge in [0.25, 0.3) is 5.91 Å². The van der Waals surface area contributed by atoms with Gasteiger partial charge >= 0.3 is 0 Å². The SMILES string of the molecule is [N-]=[N+]=Nc1ccccc1[C@@H]1OC(c2ccc(OCCCO)cc2)=N[C@]1(Cc1ccc(Br)cc1)C(=O)NNCC1CCCCC1. The number of hydrazine groups is 1. The van der Waals surface area contributed by atoms with Crippen molar-refractivity contribution < 1.29 is 19.4 Å². The molecule has 1 aliphatic carbocycles. The van der Waals surface area contributed by atoms with Gasteiger partial charge in [0.05, 0.1) is 6.61 Å². The summed E-state index contributed by atoms with van der Waals surface area (Å²) in [4.78, 5) is 22.5. The molecule has 10 nitrogen and oxygen atoms in total. The van der Waals surface area contributed by atoms with Crippen molar-refractivity contribution >= 4 is 33.4 Å². The fourth-order valence-electron chi connectivity index (χ4n) is 5.80. The van der Waals surface area contributed by atoms with E-state index >= 15 is 0 Å². The van der Waals surface area contributed by atoms with E-state index in [9.17, 15) is 10.3 Å². The van der Waals surface area contributed by atoms with Crippen molar-refractivity contribution in [3.8, 4) is 5.75 Å². The predicted molar refractivity (Wildman–Crippen MR) is 173 cm³/mol. The Morgan fingerprint density at radius 2 is 1.84 bits per heavy atom. The summed E-state index contributed by atoms with van der Waals surface area (Å²) in [5.74, 6) is 1.12. The van der Waals surface area contributed by atoms with E-state index in [-0.39, 0.29) is 18.9 Å². The average Bonchev–Trinajstić information content (AvgIpc) is 3.43. The summed E-state index contributed by atoms with van der Waals surface area (Å²) in [6, 6.07) is 22.2. The first-order valence-electron chi connectivity index (χ1n) is 15.0. The molecule has 0 bridgehead atoms. The van der Waals surface area contributed by atoms with E-state index in [1.165, 1.54) is 19.3 Å². The molecule has 11 heteroatoms. The maximum absolute atomic E-state index is 14.4. The third kappa shape index (κ3) is 7.60. The van der Waals surface area contributed by atoms with Gasteiger partial charge < -0.3 is 14.6 Å². The smallest absolute Gasteiger partial charge is 0.266 e. The molecule has 0 spiro atoms. The predicted octanol–water partition coefficient (Wildman–Crippen LogP) is 6.85. The molecule has 1 amide bonds. The summed E-state index contributed by atoms with van der Waals surface area (Å²) >= 11 is 3.50. The molecule has 3 aromatic carbocycles. The van der Waals surface area contributed by atoms with Crippen LogP contribution in [-0.4, -0.2) is 42.2 Å². The molecule has 44 heavy (non-hydrogen) atoms. The highest BCUT2D eigenvalue weighted by molar-refractivity contribution is 9.10. The van der Waals surface area contributed by atoms with Crippen LogP contribution in [0.1, 0.15) is 61.3 Å². The van der Waals surface area contributed by atoms with Crippen LogP contribution >= 0.6 is 15.9 Å². The van der Waals surface area contributed by atoms with E-state index in [4.69, 9.17) is 19.6 Å². The zero-order chi connectivity index (χ0) is 30.8. The van der Waals surface area contributed by atoms with E-state index in [1.54, 1.807) is 12.1 Å². The van der Waals surface area contributed by atoms with Crippen LogP contribution < -0.4 is 15.6 Å². The zero-order valence-corrected chi connectivity index (χ0v) is 26.1. The number of aliphatic imine (C=N–C) groups is 1. The second kappa shape index (κ2) is 15.2. The Morgan fingerprint density at radius 1 is 1.09 bits per heavy atom. The van der Waals surface area contributed by atoms with Crippen molar-refractivity contribution in [2.45, 2.75) is 56.6 Å². The number of aliphatic hydroxyl groups excluding tert-OH is 1. The number of ether oxygens (including phenoxy) is 2. The quantitative estimate of drug-likeness (QED) is 0.0604. The summed E-state index contributed by atoms with van der Waals surface area (Å²) in [5, 5.41) is 13.0. The van der Waals surface area contributed by atoms with Gasteiger partial charge in [0.1, 0.15) is 5.75 Å². The maximum Gasteiger partial charge on any atom is 0.266 e. The number of nitrogens with one attached hydrogen (secondary N) is 2. The second-order valence-corrected chi connectivity index (χ2v) is 12.1. The lowest BCUT2D eigenvalue weighted by molar-refractivity contribution is -0.130. The number of aliphatic hydroxyl groups is 1. The van der Waals surface area contributed by atoms with Gasteiger partial charge in [0.15, 0.2) is 11.6 Å². The van der Waals surface area contributed by atoms with E-state index in [2.05, 4.69) is 36.8 Å². The third-order valence-electron chi connectivity index (χ3n) is 8.11. The standard InChI is InChI=1S/C33H37BrN6O4/c34-26-15-11-23(12-16-26)21-33(32(42)39-36-22-24-7-2-1-3-8-24)30(28-9-4-5-10-29(28)38-40-35)44-31(37-33)25-13-17-27(18-14-25)43-20-6-19-41/h4-5,9-18,24,30,36,41H,1-3,6-8,19-22H2,(H,39,42)/t30-,33-/m0/s1. The Hall–Kier alpha value is -3.89. The molecule has 2 aliphatic rings. The molecule has 1 saturated carbocycles. The van der Waals surface area contributed by atoms with Crippen LogP contribution in [0.2, 0.25) is 0 Å². The van der Waals surface area contributed by atoms with E-state index in [0.717, 1.165) is 22.9 Å². The van der Waals surface area contributed by atoms with Crippen LogP contribution in [-0.2, 0) is 16.0 Å². The molecule has 230 valence electrons. The Balaban J connectivity index is 1.53. The molecule has 1 heterocycles. The van der Waals surface area contributed by atoms with Crippen LogP contribution in [0.3, 0.4) is 0 Å². The minimum Gasteiger partial charge on any atom is -0.494 e. The topological polar surface area (TPSA) is 141 Å². The monoisotopic (exact) mass is 660 g/mol. The van der Waals surface area contributed by atoms with E-state index in [0.29, 0.717) is 54.0 Å². The van der Waals surface area contributed by atoms with Crippen molar-refractivity contribution in [2.24, 2.45) is 16.0 Å². The molecule has 1 aliphatic heterocycles. The Kier molecular flexibility index (Phi) is 10.9. The number of rotatable bonds is 13. The molecule has 2 atom stereocenters. The number of hydrogen-bond acceptors (Lipinski definition) is 7. The zero-order valence-electron chi connectivity index (χ0n) is 24.5. The number of carbonyl (C=O) groups is 1. The van der Waals surface area contributed by atoms with E-state index < -0.39 is 11.6 Å². The Bertz CT molecular complexity index is 1490. The van der Waals surface area contributed by atoms with Gasteiger partial charge in [-0.1, -0.05) is 76.7 Å². The van der Waals surface area contributed by atoms with Gasteiger partial charge in [0, 0.05) is 52.2 Å². The lowest BCUT2D eigenvalue weighted by Gasteiger charge is -2.32. The molecule has 0 saturated heterocycles. The van der Waals surface area contributed by atoms with Crippen LogP contribution in [0, 0.1) is 5.92 Å². The molecule has 3 N–H and O–H groups in total. The highest BCUT2D eigenvalue weighted by Gasteiger charge is 2.54. The second-order valence-electron chi connectivity index (χ2n) is 11.2. The van der Waals surface area contributed by atoms with Crippen LogP contribution in [0.5, 0.6) is 5.75 Å². The highest BCUT2D eigenvalue weighted by Crippen LogP contribution is 2.45. The fraction of sp³-hybridized carbons (Fsp3) is 0.394. The molecule has 1 fully saturated rings. The molecular formula is C33H37BrN6O4. The maximum atomic E-state index is 14.4.